The predicted octanol–water partition coefficient (Wildman–Crippen LogP) is 3.86. The zero-order chi connectivity index (χ0) is 16.4. The number of ketones is 1. The number of fused-ring (bicyclic) bond motifs is 1. The van der Waals surface area contributed by atoms with Gasteiger partial charge in [-0.05, 0) is 6.07 Å². The van der Waals surface area contributed by atoms with Crippen molar-refractivity contribution >= 4 is 33.7 Å². The maximum atomic E-state index is 12.7. The molecule has 0 atom stereocenters. The SMILES string of the molecule is CO/N=C(/c1csc(C(=O)c2c[nH]c3ccccc23)n1)C(C)C. The van der Waals surface area contributed by atoms with E-state index in [0.717, 1.165) is 16.6 Å². The van der Waals surface area contributed by atoms with Gasteiger partial charge in [-0.2, -0.15) is 0 Å². The molecule has 1 aromatic carbocycles. The van der Waals surface area contributed by atoms with Gasteiger partial charge in [-0.25, -0.2) is 4.98 Å². The highest BCUT2D eigenvalue weighted by atomic mass is 32.1. The molecule has 0 aliphatic carbocycles. The molecule has 0 radical (unpaired) electrons. The lowest BCUT2D eigenvalue weighted by Crippen LogP contribution is -2.11. The number of carbonyl (C=O) groups excluding carboxylic acids is 1. The Kier molecular flexibility index (Phi) is 4.25. The number of aromatic nitrogens is 2. The normalized spacial score (nSPS) is 12.1. The van der Waals surface area contributed by atoms with Gasteiger partial charge in [-0.1, -0.05) is 37.2 Å². The van der Waals surface area contributed by atoms with E-state index in [4.69, 9.17) is 4.84 Å². The second-order valence-corrected chi connectivity index (χ2v) is 6.29. The molecular weight excluding hydrogens is 310 g/mol. The second kappa shape index (κ2) is 6.34. The van der Waals surface area contributed by atoms with Crippen LogP contribution in [0.4, 0.5) is 0 Å². The van der Waals surface area contributed by atoms with Crippen LogP contribution in [0.25, 0.3) is 10.9 Å². The van der Waals surface area contributed by atoms with Crippen LogP contribution in [0.2, 0.25) is 0 Å². The number of thiazole rings is 1. The Morgan fingerprint density at radius 3 is 2.87 bits per heavy atom. The van der Waals surface area contributed by atoms with Crippen LogP contribution in [0.1, 0.15) is 34.9 Å². The molecule has 3 aromatic rings. The van der Waals surface area contributed by atoms with Crippen molar-refractivity contribution in [1.82, 2.24) is 9.97 Å². The molecule has 2 heterocycles. The maximum Gasteiger partial charge on any atom is 0.223 e. The van der Waals surface area contributed by atoms with E-state index >= 15 is 0 Å². The van der Waals surface area contributed by atoms with Crippen molar-refractivity contribution in [2.45, 2.75) is 13.8 Å². The van der Waals surface area contributed by atoms with E-state index in [1.54, 1.807) is 6.20 Å². The van der Waals surface area contributed by atoms with Gasteiger partial charge in [0.25, 0.3) is 0 Å². The zero-order valence-electron chi connectivity index (χ0n) is 13.2. The smallest absolute Gasteiger partial charge is 0.223 e. The minimum absolute atomic E-state index is 0.0841. The van der Waals surface area contributed by atoms with Gasteiger partial charge in [0.1, 0.15) is 12.8 Å². The molecule has 0 spiro atoms. The van der Waals surface area contributed by atoms with Crippen LogP contribution in [-0.2, 0) is 4.84 Å². The molecule has 5 nitrogen and oxygen atoms in total. The third-order valence-electron chi connectivity index (χ3n) is 3.53. The highest BCUT2D eigenvalue weighted by Crippen LogP contribution is 2.23. The van der Waals surface area contributed by atoms with Gasteiger partial charge in [0, 0.05) is 28.4 Å². The van der Waals surface area contributed by atoms with E-state index < -0.39 is 0 Å². The van der Waals surface area contributed by atoms with Crippen LogP contribution in [0.5, 0.6) is 0 Å². The first kappa shape index (κ1) is 15.4. The summed E-state index contributed by atoms with van der Waals surface area (Å²) in [5, 5.41) is 7.23. The van der Waals surface area contributed by atoms with Gasteiger partial charge < -0.3 is 9.82 Å². The molecule has 2 aromatic heterocycles. The van der Waals surface area contributed by atoms with Gasteiger partial charge in [-0.3, -0.25) is 4.79 Å². The minimum Gasteiger partial charge on any atom is -0.399 e. The highest BCUT2D eigenvalue weighted by Gasteiger charge is 2.20. The van der Waals surface area contributed by atoms with E-state index in [0.29, 0.717) is 16.3 Å². The molecule has 6 heteroatoms. The Hall–Kier alpha value is -2.47. The molecule has 0 aliphatic heterocycles. The summed E-state index contributed by atoms with van der Waals surface area (Å²) >= 11 is 1.33. The van der Waals surface area contributed by atoms with E-state index in [9.17, 15) is 4.79 Å². The summed E-state index contributed by atoms with van der Waals surface area (Å²) in [6.07, 6.45) is 1.74. The van der Waals surface area contributed by atoms with Crippen molar-refractivity contribution < 1.29 is 9.63 Å². The number of oxime groups is 1. The number of rotatable bonds is 5. The monoisotopic (exact) mass is 327 g/mol. The minimum atomic E-state index is -0.0841. The number of nitrogens with zero attached hydrogens (tertiary/aromatic N) is 2. The van der Waals surface area contributed by atoms with E-state index in [-0.39, 0.29) is 11.7 Å². The first-order chi connectivity index (χ1) is 11.1. The van der Waals surface area contributed by atoms with E-state index in [2.05, 4.69) is 15.1 Å². The Morgan fingerprint density at radius 2 is 2.13 bits per heavy atom. The average Bonchev–Trinajstić information content (AvgIpc) is 3.18. The molecule has 0 saturated carbocycles. The van der Waals surface area contributed by atoms with Gasteiger partial charge >= 0.3 is 0 Å². The van der Waals surface area contributed by atoms with Crippen molar-refractivity contribution in [3.05, 3.63) is 52.1 Å². The fourth-order valence-electron chi connectivity index (χ4n) is 2.42. The maximum absolute atomic E-state index is 12.7. The number of carbonyl (C=O) groups is 1. The van der Waals surface area contributed by atoms with Crippen LogP contribution in [0.15, 0.2) is 41.0 Å². The van der Waals surface area contributed by atoms with E-state index in [1.807, 2.05) is 43.5 Å². The summed E-state index contributed by atoms with van der Waals surface area (Å²) in [4.78, 5) is 25.2. The Labute approximate surface area is 138 Å². The number of hydrogen-bond donors (Lipinski definition) is 1. The van der Waals surface area contributed by atoms with Crippen LogP contribution >= 0.6 is 11.3 Å². The first-order valence-electron chi connectivity index (χ1n) is 7.29. The summed E-state index contributed by atoms with van der Waals surface area (Å²) in [6.45, 7) is 4.02. The quantitative estimate of drug-likeness (QED) is 0.439. The lowest BCUT2D eigenvalue weighted by atomic mass is 10.1. The first-order valence-corrected chi connectivity index (χ1v) is 8.17. The fraction of sp³-hybridized carbons (Fsp3) is 0.235. The number of benzene rings is 1. The molecule has 0 fully saturated rings. The molecule has 0 unspecified atom stereocenters. The van der Waals surface area contributed by atoms with Crippen molar-refractivity contribution in [2.75, 3.05) is 7.11 Å². The number of aromatic amines is 1. The molecule has 23 heavy (non-hydrogen) atoms. The van der Waals surface area contributed by atoms with Crippen molar-refractivity contribution in [1.29, 1.82) is 0 Å². The van der Waals surface area contributed by atoms with Crippen molar-refractivity contribution in [3.63, 3.8) is 0 Å². The average molecular weight is 327 g/mol. The zero-order valence-corrected chi connectivity index (χ0v) is 14.0. The number of nitrogens with one attached hydrogen (secondary N) is 1. The molecule has 0 bridgehead atoms. The summed E-state index contributed by atoms with van der Waals surface area (Å²) in [7, 11) is 1.51. The van der Waals surface area contributed by atoms with Crippen LogP contribution in [0, 0.1) is 5.92 Å². The molecule has 1 N–H and O–H groups in total. The predicted molar refractivity (Wildman–Crippen MR) is 92.2 cm³/mol. The van der Waals surface area contributed by atoms with Gasteiger partial charge in [0.05, 0.1) is 11.3 Å². The topological polar surface area (TPSA) is 67.3 Å². The molecule has 3 rings (SSSR count). The molecule has 118 valence electrons. The molecule has 0 aliphatic rings. The summed E-state index contributed by atoms with van der Waals surface area (Å²) in [5.74, 6) is 0.0762. The summed E-state index contributed by atoms with van der Waals surface area (Å²) < 4.78 is 0. The summed E-state index contributed by atoms with van der Waals surface area (Å²) in [5.41, 5.74) is 3.00. The lowest BCUT2D eigenvalue weighted by Gasteiger charge is -2.05. The van der Waals surface area contributed by atoms with Gasteiger partial charge in [-0.15, -0.1) is 11.3 Å². The third-order valence-corrected chi connectivity index (χ3v) is 4.37. The lowest BCUT2D eigenvalue weighted by molar-refractivity contribution is 0.104. The van der Waals surface area contributed by atoms with Gasteiger partial charge in [0.2, 0.25) is 5.78 Å². The van der Waals surface area contributed by atoms with Crippen LogP contribution < -0.4 is 0 Å². The second-order valence-electron chi connectivity index (χ2n) is 5.43. The van der Waals surface area contributed by atoms with Crippen molar-refractivity contribution in [2.24, 2.45) is 11.1 Å². The third kappa shape index (κ3) is 2.90. The van der Waals surface area contributed by atoms with Gasteiger partial charge in [0.15, 0.2) is 5.01 Å². The van der Waals surface area contributed by atoms with Crippen molar-refractivity contribution in [3.8, 4) is 0 Å². The Morgan fingerprint density at radius 1 is 1.35 bits per heavy atom. The Balaban J connectivity index is 1.97. The fourth-order valence-corrected chi connectivity index (χ4v) is 3.18. The van der Waals surface area contributed by atoms with E-state index in [1.165, 1.54) is 18.4 Å². The molecular formula is C17H17N3O2S. The standard InChI is InChI=1S/C17H17N3O2S/c1-10(2)15(20-22-3)14-9-23-17(19-14)16(21)12-8-18-13-7-5-4-6-11(12)13/h4-10,18H,1-3H3/b20-15+. The van der Waals surface area contributed by atoms with Crippen LogP contribution in [-0.4, -0.2) is 28.6 Å². The Bertz CT molecular complexity index is 877. The number of hydrogen-bond acceptors (Lipinski definition) is 5. The highest BCUT2D eigenvalue weighted by molar-refractivity contribution is 7.12. The molecule has 0 saturated heterocycles. The molecule has 0 amide bonds. The number of H-pyrrole nitrogens is 1. The summed E-state index contributed by atoms with van der Waals surface area (Å²) in [6, 6.07) is 7.73. The number of para-hydroxylation sites is 1. The van der Waals surface area contributed by atoms with Crippen LogP contribution in [0.3, 0.4) is 0 Å². The largest absolute Gasteiger partial charge is 0.399 e.